The van der Waals surface area contributed by atoms with Gasteiger partial charge in [-0.1, -0.05) is 17.7 Å². The molecule has 0 radical (unpaired) electrons. The number of piperazine rings is 1. The van der Waals surface area contributed by atoms with Gasteiger partial charge >= 0.3 is 5.97 Å². The average Bonchev–Trinajstić information content (AvgIpc) is 2.45. The fourth-order valence-corrected chi connectivity index (χ4v) is 2.85. The number of benzene rings is 1. The van der Waals surface area contributed by atoms with Gasteiger partial charge in [-0.05, 0) is 39.3 Å². The molecule has 0 saturated carbocycles. The lowest BCUT2D eigenvalue weighted by Crippen LogP contribution is -2.57. The van der Waals surface area contributed by atoms with E-state index in [2.05, 4.69) is 6.07 Å². The molecule has 0 aromatic heterocycles. The van der Waals surface area contributed by atoms with Crippen molar-refractivity contribution in [1.29, 1.82) is 0 Å². The van der Waals surface area contributed by atoms with Gasteiger partial charge in [-0.15, -0.1) is 0 Å². The molecule has 1 unspecified atom stereocenters. The summed E-state index contributed by atoms with van der Waals surface area (Å²) < 4.78 is 4.97. The Hall–Kier alpha value is -1.88. The van der Waals surface area contributed by atoms with Gasteiger partial charge in [0.2, 0.25) is 5.91 Å². The molecule has 1 aliphatic heterocycles. The molecule has 1 aliphatic rings. The molecule has 5 nitrogen and oxygen atoms in total. The van der Waals surface area contributed by atoms with E-state index in [0.29, 0.717) is 19.7 Å². The van der Waals surface area contributed by atoms with Crippen LogP contribution in [0.4, 0.5) is 5.69 Å². The Morgan fingerprint density at radius 2 is 2.05 bits per heavy atom. The van der Waals surface area contributed by atoms with Gasteiger partial charge in [0.25, 0.3) is 0 Å². The molecule has 1 heterocycles. The Morgan fingerprint density at radius 1 is 1.32 bits per heavy atom. The molecule has 1 saturated heterocycles. The van der Waals surface area contributed by atoms with Crippen LogP contribution in [0.15, 0.2) is 18.2 Å². The minimum Gasteiger partial charge on any atom is -0.465 e. The number of anilines is 1. The third-order valence-corrected chi connectivity index (χ3v) is 4.06. The van der Waals surface area contributed by atoms with Crippen molar-refractivity contribution in [2.24, 2.45) is 0 Å². The van der Waals surface area contributed by atoms with Crippen LogP contribution in [0.2, 0.25) is 0 Å². The summed E-state index contributed by atoms with van der Waals surface area (Å²) in [5, 5.41) is 0. The van der Waals surface area contributed by atoms with Crippen molar-refractivity contribution in [2.45, 2.75) is 33.7 Å². The van der Waals surface area contributed by atoms with Gasteiger partial charge in [0.05, 0.1) is 19.2 Å². The number of nitrogens with zero attached hydrogens (tertiary/aromatic N) is 2. The molecular weight excluding hydrogens is 280 g/mol. The molecule has 2 rings (SSSR count). The van der Waals surface area contributed by atoms with Gasteiger partial charge < -0.3 is 9.64 Å². The van der Waals surface area contributed by atoms with Crippen LogP contribution in [0.1, 0.15) is 25.0 Å². The number of hydrogen-bond donors (Lipinski definition) is 0. The zero-order chi connectivity index (χ0) is 16.3. The summed E-state index contributed by atoms with van der Waals surface area (Å²) in [5.41, 5.74) is 3.24. The van der Waals surface area contributed by atoms with Gasteiger partial charge in [0.1, 0.15) is 0 Å². The summed E-state index contributed by atoms with van der Waals surface area (Å²) in [5.74, 6) is -0.246. The van der Waals surface area contributed by atoms with Crippen molar-refractivity contribution in [3.63, 3.8) is 0 Å². The van der Waals surface area contributed by atoms with Gasteiger partial charge in [-0.2, -0.15) is 0 Å². The van der Waals surface area contributed by atoms with Crippen LogP contribution >= 0.6 is 0 Å². The fraction of sp³-hybridized carbons (Fsp3) is 0.529. The number of esters is 1. The molecule has 22 heavy (non-hydrogen) atoms. The van der Waals surface area contributed by atoms with Crippen LogP contribution in [0.3, 0.4) is 0 Å². The molecule has 1 fully saturated rings. The first-order valence-electron chi connectivity index (χ1n) is 7.72. The van der Waals surface area contributed by atoms with Gasteiger partial charge in [0, 0.05) is 18.8 Å². The highest BCUT2D eigenvalue weighted by atomic mass is 16.5. The Labute approximate surface area is 131 Å². The molecule has 0 spiro atoms. The first-order valence-corrected chi connectivity index (χ1v) is 7.72. The lowest BCUT2D eigenvalue weighted by atomic mass is 10.1. The standard InChI is InChI=1S/C17H24N2O3/c1-5-22-16(20)11-18-8-9-19(17(21)14(18)4)15-7-6-12(2)10-13(15)3/h6-7,10,14H,5,8-9,11H2,1-4H3. The molecular formula is C17H24N2O3. The summed E-state index contributed by atoms with van der Waals surface area (Å²) in [7, 11) is 0. The number of ether oxygens (including phenoxy) is 1. The summed E-state index contributed by atoms with van der Waals surface area (Å²) in [6.45, 7) is 9.47. The van der Waals surface area contributed by atoms with E-state index in [1.54, 1.807) is 6.92 Å². The lowest BCUT2D eigenvalue weighted by Gasteiger charge is -2.39. The minimum atomic E-state index is -0.321. The monoisotopic (exact) mass is 304 g/mol. The third kappa shape index (κ3) is 3.47. The van der Waals surface area contributed by atoms with Crippen molar-refractivity contribution >= 4 is 17.6 Å². The molecule has 0 aliphatic carbocycles. The Kier molecular flexibility index (Phi) is 5.19. The van der Waals surface area contributed by atoms with E-state index >= 15 is 0 Å². The summed E-state index contributed by atoms with van der Waals surface area (Å²) in [6.07, 6.45) is 0. The zero-order valence-electron chi connectivity index (χ0n) is 13.8. The van der Waals surface area contributed by atoms with Crippen molar-refractivity contribution in [1.82, 2.24) is 4.90 Å². The first kappa shape index (κ1) is 16.5. The second-order valence-corrected chi connectivity index (χ2v) is 5.73. The van der Waals surface area contributed by atoms with Crippen LogP contribution < -0.4 is 4.90 Å². The van der Waals surface area contributed by atoms with Crippen LogP contribution in [-0.4, -0.2) is 49.1 Å². The van der Waals surface area contributed by atoms with E-state index in [1.165, 1.54) is 5.56 Å². The van der Waals surface area contributed by atoms with Crippen LogP contribution in [0.5, 0.6) is 0 Å². The largest absolute Gasteiger partial charge is 0.465 e. The predicted octanol–water partition coefficient (Wildman–Crippen LogP) is 1.90. The Morgan fingerprint density at radius 3 is 2.68 bits per heavy atom. The van der Waals surface area contributed by atoms with Crippen molar-refractivity contribution in [2.75, 3.05) is 31.1 Å². The van der Waals surface area contributed by atoms with E-state index in [-0.39, 0.29) is 24.5 Å². The SMILES string of the molecule is CCOC(=O)CN1CCN(c2ccc(C)cc2C)C(=O)C1C. The molecule has 0 N–H and O–H groups in total. The van der Waals surface area contributed by atoms with E-state index in [4.69, 9.17) is 4.74 Å². The second kappa shape index (κ2) is 6.92. The summed E-state index contributed by atoms with van der Waals surface area (Å²) >= 11 is 0. The predicted molar refractivity (Wildman–Crippen MR) is 85.9 cm³/mol. The smallest absolute Gasteiger partial charge is 0.320 e. The maximum Gasteiger partial charge on any atom is 0.320 e. The fourth-order valence-electron chi connectivity index (χ4n) is 2.85. The number of amides is 1. The van der Waals surface area contributed by atoms with E-state index in [0.717, 1.165) is 11.3 Å². The van der Waals surface area contributed by atoms with E-state index in [1.807, 2.05) is 42.7 Å². The van der Waals surface area contributed by atoms with Crippen molar-refractivity contribution in [3.8, 4) is 0 Å². The number of aryl methyl sites for hydroxylation is 2. The van der Waals surface area contributed by atoms with Crippen LogP contribution in [0, 0.1) is 13.8 Å². The summed E-state index contributed by atoms with van der Waals surface area (Å²) in [4.78, 5) is 28.0. The molecule has 1 aromatic carbocycles. The zero-order valence-corrected chi connectivity index (χ0v) is 13.8. The summed E-state index contributed by atoms with van der Waals surface area (Å²) in [6, 6.07) is 5.78. The molecule has 1 atom stereocenters. The van der Waals surface area contributed by atoms with E-state index in [9.17, 15) is 9.59 Å². The topological polar surface area (TPSA) is 49.9 Å². The highest BCUT2D eigenvalue weighted by molar-refractivity contribution is 5.98. The van der Waals surface area contributed by atoms with Crippen molar-refractivity contribution in [3.05, 3.63) is 29.3 Å². The Bertz CT molecular complexity index is 571. The molecule has 0 bridgehead atoms. The Balaban J connectivity index is 2.10. The molecule has 120 valence electrons. The number of carbonyl (C=O) groups excluding carboxylic acids is 2. The van der Waals surface area contributed by atoms with Gasteiger partial charge in [-0.25, -0.2) is 0 Å². The maximum atomic E-state index is 12.6. The first-order chi connectivity index (χ1) is 10.4. The number of hydrogen-bond acceptors (Lipinski definition) is 4. The quantitative estimate of drug-likeness (QED) is 0.797. The lowest BCUT2D eigenvalue weighted by molar-refractivity contribution is -0.145. The average molecular weight is 304 g/mol. The van der Waals surface area contributed by atoms with E-state index < -0.39 is 0 Å². The van der Waals surface area contributed by atoms with Crippen LogP contribution in [-0.2, 0) is 14.3 Å². The number of rotatable bonds is 4. The second-order valence-electron chi connectivity index (χ2n) is 5.73. The molecule has 1 amide bonds. The highest BCUT2D eigenvalue weighted by Gasteiger charge is 2.33. The molecule has 1 aromatic rings. The highest BCUT2D eigenvalue weighted by Crippen LogP contribution is 2.24. The maximum absolute atomic E-state index is 12.6. The van der Waals surface area contributed by atoms with Gasteiger partial charge in [-0.3, -0.25) is 14.5 Å². The molecule has 5 heteroatoms. The number of carbonyl (C=O) groups is 2. The van der Waals surface area contributed by atoms with Gasteiger partial charge in [0.15, 0.2) is 0 Å². The van der Waals surface area contributed by atoms with Crippen molar-refractivity contribution < 1.29 is 14.3 Å². The van der Waals surface area contributed by atoms with Crippen LogP contribution in [0.25, 0.3) is 0 Å². The normalized spacial score (nSPS) is 19.4. The third-order valence-electron chi connectivity index (χ3n) is 4.06. The minimum absolute atomic E-state index is 0.0301.